The molecule has 0 aliphatic carbocycles. The van der Waals surface area contributed by atoms with Crippen LogP contribution in [0.25, 0.3) is 0 Å². The van der Waals surface area contributed by atoms with E-state index in [1.54, 1.807) is 0 Å². The number of benzene rings is 1. The molecule has 1 aromatic heterocycles. The molecule has 1 aromatic carbocycles. The van der Waals surface area contributed by atoms with Crippen molar-refractivity contribution in [1.82, 2.24) is 14.9 Å². The van der Waals surface area contributed by atoms with Crippen LogP contribution in [-0.4, -0.2) is 30.9 Å². The van der Waals surface area contributed by atoms with E-state index in [1.807, 2.05) is 0 Å². The monoisotopic (exact) mass is 357 g/mol. The van der Waals surface area contributed by atoms with Crippen LogP contribution in [0.5, 0.6) is 0 Å². The van der Waals surface area contributed by atoms with Crippen LogP contribution >= 0.6 is 11.3 Å². The summed E-state index contributed by atoms with van der Waals surface area (Å²) in [5.74, 6) is -0.457. The van der Waals surface area contributed by atoms with E-state index in [1.165, 1.54) is 30.4 Å². The van der Waals surface area contributed by atoms with Crippen LogP contribution in [0, 0.1) is 5.82 Å². The van der Waals surface area contributed by atoms with Crippen molar-refractivity contribution in [3.05, 3.63) is 40.1 Å². The molecule has 0 unspecified atom stereocenters. The summed E-state index contributed by atoms with van der Waals surface area (Å²) in [5, 5.41) is 9.31. The summed E-state index contributed by atoms with van der Waals surface area (Å²) in [6.07, 6.45) is 1.39. The fraction of sp³-hybridized carbons (Fsp3) is 0.357. The van der Waals surface area contributed by atoms with Crippen molar-refractivity contribution < 1.29 is 17.6 Å². The first kappa shape index (κ1) is 17.6. The van der Waals surface area contributed by atoms with Crippen molar-refractivity contribution in [2.24, 2.45) is 0 Å². The van der Waals surface area contributed by atoms with Gasteiger partial charge in [0, 0.05) is 13.0 Å². The molecule has 0 saturated carbocycles. The highest BCUT2D eigenvalue weighted by Gasteiger charge is 2.13. The molecule has 2 aromatic rings. The Bertz CT molecular complexity index is 773. The van der Waals surface area contributed by atoms with Crippen molar-refractivity contribution >= 4 is 27.1 Å². The first-order valence-corrected chi connectivity index (χ1v) is 9.23. The second kappa shape index (κ2) is 7.71. The molecule has 0 radical (unpaired) electrons. The Balaban J connectivity index is 1.81. The lowest BCUT2D eigenvalue weighted by molar-refractivity contribution is -0.116. The van der Waals surface area contributed by atoms with Crippen molar-refractivity contribution in [3.63, 3.8) is 0 Å². The number of carbonyl (C=O) groups excluding carboxylic acids is 1. The third kappa shape index (κ3) is 5.45. The fourth-order valence-electron chi connectivity index (χ4n) is 1.82. The van der Waals surface area contributed by atoms with Gasteiger partial charge in [-0.15, -0.1) is 21.5 Å². The number of aryl methyl sites for hydroxylation is 1. The number of nitrogens with one attached hydrogen (secondary N) is 1. The number of halogens is 1. The second-order valence-corrected chi connectivity index (χ2v) is 7.84. The molecule has 1 N–H and O–H groups in total. The van der Waals surface area contributed by atoms with E-state index >= 15 is 0 Å². The molecule has 2 rings (SSSR count). The maximum Gasteiger partial charge on any atom is 0.240 e. The topological polar surface area (TPSA) is 89.0 Å². The molecule has 0 saturated heterocycles. The van der Waals surface area contributed by atoms with Gasteiger partial charge in [0.2, 0.25) is 10.0 Å². The minimum atomic E-state index is -3.64. The van der Waals surface area contributed by atoms with Gasteiger partial charge in [-0.1, -0.05) is 0 Å². The first-order chi connectivity index (χ1) is 10.9. The minimum absolute atomic E-state index is 0.0264. The van der Waals surface area contributed by atoms with Crippen LogP contribution in [0.2, 0.25) is 0 Å². The number of sulfonamides is 1. The Kier molecular flexibility index (Phi) is 5.91. The van der Waals surface area contributed by atoms with Gasteiger partial charge in [0.25, 0.3) is 0 Å². The third-order valence-corrected chi connectivity index (χ3v) is 5.35. The van der Waals surface area contributed by atoms with E-state index in [-0.39, 0.29) is 23.6 Å². The second-order valence-electron chi connectivity index (χ2n) is 4.92. The first-order valence-electron chi connectivity index (χ1n) is 6.93. The zero-order valence-corrected chi connectivity index (χ0v) is 14.1. The van der Waals surface area contributed by atoms with Crippen molar-refractivity contribution in [2.75, 3.05) is 6.54 Å². The quantitative estimate of drug-likeness (QED) is 0.727. The molecule has 124 valence electrons. The maximum absolute atomic E-state index is 12.8. The summed E-state index contributed by atoms with van der Waals surface area (Å²) in [6.45, 7) is 1.73. The lowest BCUT2D eigenvalue weighted by atomic mass is 10.3. The van der Waals surface area contributed by atoms with Crippen molar-refractivity contribution in [1.29, 1.82) is 0 Å². The summed E-state index contributed by atoms with van der Waals surface area (Å²) in [7, 11) is -3.64. The van der Waals surface area contributed by atoms with Gasteiger partial charge in [0.15, 0.2) is 0 Å². The SMILES string of the molecule is CC(=O)Cc1nnc(CCCNS(=O)(=O)c2ccc(F)cc2)s1. The smallest absolute Gasteiger partial charge is 0.240 e. The van der Waals surface area contributed by atoms with Crippen LogP contribution in [-0.2, 0) is 27.7 Å². The van der Waals surface area contributed by atoms with Crippen LogP contribution in [0.15, 0.2) is 29.2 Å². The number of aromatic nitrogens is 2. The predicted octanol–water partition coefficient (Wildman–Crippen LogP) is 1.72. The number of Topliss-reactive ketones (excluding diaryl/α,β-unsaturated/α-hetero) is 1. The molecular formula is C14H16FN3O3S2. The van der Waals surface area contributed by atoms with Gasteiger partial charge in [0.05, 0.1) is 11.3 Å². The van der Waals surface area contributed by atoms with E-state index in [2.05, 4.69) is 14.9 Å². The van der Waals surface area contributed by atoms with Gasteiger partial charge in [0.1, 0.15) is 21.6 Å². The number of carbonyl (C=O) groups is 1. The molecule has 0 spiro atoms. The molecule has 6 nitrogen and oxygen atoms in total. The summed E-state index contributed by atoms with van der Waals surface area (Å²) in [6, 6.07) is 4.64. The zero-order valence-electron chi connectivity index (χ0n) is 12.5. The van der Waals surface area contributed by atoms with Gasteiger partial charge in [-0.25, -0.2) is 17.5 Å². The summed E-state index contributed by atoms with van der Waals surface area (Å²) >= 11 is 1.36. The molecule has 0 amide bonds. The Morgan fingerprint density at radius 3 is 2.52 bits per heavy atom. The average molecular weight is 357 g/mol. The van der Waals surface area contributed by atoms with Crippen LogP contribution in [0.1, 0.15) is 23.4 Å². The summed E-state index contributed by atoms with van der Waals surface area (Å²) in [4.78, 5) is 11.0. The van der Waals surface area contributed by atoms with Crippen LogP contribution in [0.4, 0.5) is 4.39 Å². The van der Waals surface area contributed by atoms with E-state index in [9.17, 15) is 17.6 Å². The molecule has 0 bridgehead atoms. The molecule has 0 aliphatic heterocycles. The van der Waals surface area contributed by atoms with Gasteiger partial charge in [-0.05, 0) is 37.6 Å². The molecular weight excluding hydrogens is 341 g/mol. The molecule has 0 aliphatic rings. The molecule has 9 heteroatoms. The zero-order chi connectivity index (χ0) is 16.9. The van der Waals surface area contributed by atoms with Gasteiger partial charge in [-0.2, -0.15) is 0 Å². The number of hydrogen-bond acceptors (Lipinski definition) is 6. The van der Waals surface area contributed by atoms with E-state index in [0.29, 0.717) is 17.8 Å². The Morgan fingerprint density at radius 1 is 1.22 bits per heavy atom. The maximum atomic E-state index is 12.8. The van der Waals surface area contributed by atoms with Crippen LogP contribution < -0.4 is 4.72 Å². The highest BCUT2D eigenvalue weighted by atomic mass is 32.2. The van der Waals surface area contributed by atoms with E-state index in [4.69, 9.17) is 0 Å². The molecule has 0 fully saturated rings. The number of hydrogen-bond donors (Lipinski definition) is 1. The lowest BCUT2D eigenvalue weighted by Gasteiger charge is -2.05. The van der Waals surface area contributed by atoms with Crippen LogP contribution in [0.3, 0.4) is 0 Å². The molecule has 0 atom stereocenters. The Labute approximate surface area is 137 Å². The normalized spacial score (nSPS) is 11.6. The Hall–Kier alpha value is -1.71. The Morgan fingerprint density at radius 2 is 1.87 bits per heavy atom. The minimum Gasteiger partial charge on any atom is -0.300 e. The fourth-order valence-corrected chi connectivity index (χ4v) is 3.85. The van der Waals surface area contributed by atoms with Gasteiger partial charge in [-0.3, -0.25) is 4.79 Å². The van der Waals surface area contributed by atoms with E-state index in [0.717, 1.165) is 17.1 Å². The highest BCUT2D eigenvalue weighted by molar-refractivity contribution is 7.89. The number of nitrogens with zero attached hydrogens (tertiary/aromatic N) is 2. The number of rotatable bonds is 8. The average Bonchev–Trinajstić information content (AvgIpc) is 2.91. The summed E-state index contributed by atoms with van der Waals surface area (Å²) in [5.41, 5.74) is 0. The summed E-state index contributed by atoms with van der Waals surface area (Å²) < 4.78 is 39.2. The van der Waals surface area contributed by atoms with Gasteiger partial charge < -0.3 is 0 Å². The number of ketones is 1. The van der Waals surface area contributed by atoms with Crippen molar-refractivity contribution in [3.8, 4) is 0 Å². The largest absolute Gasteiger partial charge is 0.300 e. The van der Waals surface area contributed by atoms with Crippen molar-refractivity contribution in [2.45, 2.75) is 31.1 Å². The highest BCUT2D eigenvalue weighted by Crippen LogP contribution is 2.13. The predicted molar refractivity (Wildman–Crippen MR) is 84.2 cm³/mol. The molecule has 1 heterocycles. The van der Waals surface area contributed by atoms with E-state index < -0.39 is 15.8 Å². The third-order valence-electron chi connectivity index (χ3n) is 2.89. The van der Waals surface area contributed by atoms with Gasteiger partial charge >= 0.3 is 0 Å². The molecule has 23 heavy (non-hydrogen) atoms. The standard InChI is InChI=1S/C14H16FN3O3S2/c1-10(19)9-14-18-17-13(22-14)3-2-8-16-23(20,21)12-6-4-11(15)5-7-12/h4-7,16H,2-3,8-9H2,1H3. The lowest BCUT2D eigenvalue weighted by Crippen LogP contribution is -2.25.